The van der Waals surface area contributed by atoms with E-state index >= 15 is 0 Å². The Morgan fingerprint density at radius 1 is 1.10 bits per heavy atom. The molecule has 1 atom stereocenters. The number of nitrogens with zero attached hydrogens (tertiary/aromatic N) is 1. The van der Waals surface area contributed by atoms with Gasteiger partial charge >= 0.3 is 0 Å². The number of ether oxygens (including phenoxy) is 1. The highest BCUT2D eigenvalue weighted by Gasteiger charge is 2.17. The van der Waals surface area contributed by atoms with Crippen LogP contribution in [0.15, 0.2) is 71.3 Å². The number of furan rings is 1. The highest BCUT2D eigenvalue weighted by molar-refractivity contribution is 5.97. The Labute approximate surface area is 167 Å². The van der Waals surface area contributed by atoms with E-state index < -0.39 is 11.9 Å². The molecule has 0 saturated carbocycles. The molecule has 2 amide bonds. The summed E-state index contributed by atoms with van der Waals surface area (Å²) >= 11 is 0. The summed E-state index contributed by atoms with van der Waals surface area (Å²) < 4.78 is 10.9. The maximum Gasteiger partial charge on any atom is 0.252 e. The van der Waals surface area contributed by atoms with Gasteiger partial charge in [-0.3, -0.25) is 9.59 Å². The fraction of sp³-hybridized carbons (Fsp3) is 0.136. The Kier molecular flexibility index (Phi) is 6.28. The van der Waals surface area contributed by atoms with Crippen molar-refractivity contribution < 1.29 is 18.7 Å². The normalized spacial score (nSPS) is 11.2. The van der Waals surface area contributed by atoms with Gasteiger partial charge in [-0.05, 0) is 61.5 Å². The molecule has 0 fully saturated rings. The summed E-state index contributed by atoms with van der Waals surface area (Å²) in [6.07, 6.45) is 1.53. The van der Waals surface area contributed by atoms with Crippen LogP contribution in [-0.4, -0.2) is 17.9 Å². The fourth-order valence-corrected chi connectivity index (χ4v) is 2.52. The van der Waals surface area contributed by atoms with Gasteiger partial charge in [-0.15, -0.1) is 0 Å². The molecular formula is C22H19N3O4. The van der Waals surface area contributed by atoms with Gasteiger partial charge in [0.1, 0.15) is 23.3 Å². The van der Waals surface area contributed by atoms with Crippen LogP contribution in [0.4, 0.5) is 0 Å². The first kappa shape index (κ1) is 19.7. The van der Waals surface area contributed by atoms with Gasteiger partial charge in [-0.2, -0.15) is 5.26 Å². The molecule has 0 spiro atoms. The van der Waals surface area contributed by atoms with Gasteiger partial charge in [0, 0.05) is 5.56 Å². The number of hydrogen-bond acceptors (Lipinski definition) is 5. The summed E-state index contributed by atoms with van der Waals surface area (Å²) in [6, 6.07) is 18.1. The van der Waals surface area contributed by atoms with Crippen LogP contribution in [0.2, 0.25) is 0 Å². The number of benzene rings is 2. The number of nitriles is 1. The van der Waals surface area contributed by atoms with Crippen LogP contribution in [0.3, 0.4) is 0 Å². The molecule has 7 nitrogen and oxygen atoms in total. The van der Waals surface area contributed by atoms with Gasteiger partial charge in [-0.25, -0.2) is 0 Å². The van der Waals surface area contributed by atoms with Gasteiger partial charge in [0.25, 0.3) is 5.91 Å². The third-order valence-corrected chi connectivity index (χ3v) is 4.07. The molecule has 3 aromatic rings. The zero-order chi connectivity index (χ0) is 20.6. The van der Waals surface area contributed by atoms with Crippen LogP contribution < -0.4 is 15.4 Å². The molecule has 29 heavy (non-hydrogen) atoms. The third kappa shape index (κ3) is 5.47. The summed E-state index contributed by atoms with van der Waals surface area (Å²) in [6.45, 7) is 1.85. The summed E-state index contributed by atoms with van der Waals surface area (Å²) in [7, 11) is 0. The molecular weight excluding hydrogens is 370 g/mol. The SMILES string of the molecule is CC(NC(=O)c1cccc(Oc2ccc(C#N)cc2)c1)C(=O)NCc1ccco1. The van der Waals surface area contributed by atoms with Crippen LogP contribution in [0.25, 0.3) is 0 Å². The van der Waals surface area contributed by atoms with E-state index in [0.717, 1.165) is 0 Å². The Balaban J connectivity index is 1.58. The van der Waals surface area contributed by atoms with E-state index in [0.29, 0.717) is 28.4 Å². The van der Waals surface area contributed by atoms with Gasteiger partial charge in [-0.1, -0.05) is 6.07 Å². The van der Waals surface area contributed by atoms with Crippen LogP contribution in [0, 0.1) is 11.3 Å². The molecule has 2 aromatic carbocycles. The largest absolute Gasteiger partial charge is 0.467 e. The number of carbonyl (C=O) groups excluding carboxylic acids is 2. The van der Waals surface area contributed by atoms with Crippen molar-refractivity contribution in [3.05, 3.63) is 83.8 Å². The van der Waals surface area contributed by atoms with Crippen LogP contribution in [0.1, 0.15) is 28.6 Å². The predicted octanol–water partition coefficient (Wildman–Crippen LogP) is 3.38. The van der Waals surface area contributed by atoms with Crippen molar-refractivity contribution >= 4 is 11.8 Å². The second-order valence-electron chi connectivity index (χ2n) is 6.26. The van der Waals surface area contributed by atoms with Crippen LogP contribution in [-0.2, 0) is 11.3 Å². The maximum absolute atomic E-state index is 12.5. The second kappa shape index (κ2) is 9.24. The maximum atomic E-state index is 12.5. The average Bonchev–Trinajstić information content (AvgIpc) is 3.26. The van der Waals surface area contributed by atoms with E-state index in [1.54, 1.807) is 67.6 Å². The first-order chi connectivity index (χ1) is 14.0. The van der Waals surface area contributed by atoms with Crippen LogP contribution in [0.5, 0.6) is 11.5 Å². The topological polar surface area (TPSA) is 104 Å². The minimum Gasteiger partial charge on any atom is -0.467 e. The highest BCUT2D eigenvalue weighted by Crippen LogP contribution is 2.22. The summed E-state index contributed by atoms with van der Waals surface area (Å²) in [4.78, 5) is 24.6. The predicted molar refractivity (Wildman–Crippen MR) is 105 cm³/mol. The Hall–Kier alpha value is -4.05. The van der Waals surface area contributed by atoms with Gasteiger partial charge in [0.15, 0.2) is 0 Å². The minimum atomic E-state index is -0.722. The average molecular weight is 389 g/mol. The molecule has 7 heteroatoms. The molecule has 2 N–H and O–H groups in total. The van der Waals surface area contributed by atoms with Crippen molar-refractivity contribution in [2.75, 3.05) is 0 Å². The zero-order valence-corrected chi connectivity index (χ0v) is 15.7. The van der Waals surface area contributed by atoms with Crippen molar-refractivity contribution in [2.24, 2.45) is 0 Å². The molecule has 1 unspecified atom stereocenters. The summed E-state index contributed by atoms with van der Waals surface area (Å²) in [5.41, 5.74) is 0.895. The second-order valence-corrected chi connectivity index (χ2v) is 6.26. The van der Waals surface area contributed by atoms with Gasteiger partial charge < -0.3 is 19.8 Å². The quantitative estimate of drug-likeness (QED) is 0.645. The molecule has 0 aliphatic carbocycles. The van der Waals surface area contributed by atoms with Crippen molar-refractivity contribution in [3.8, 4) is 17.6 Å². The molecule has 1 aromatic heterocycles. The third-order valence-electron chi connectivity index (χ3n) is 4.07. The Morgan fingerprint density at radius 3 is 2.59 bits per heavy atom. The van der Waals surface area contributed by atoms with E-state index in [1.165, 1.54) is 6.26 Å². The van der Waals surface area contributed by atoms with Crippen molar-refractivity contribution in [3.63, 3.8) is 0 Å². The smallest absolute Gasteiger partial charge is 0.252 e. The van der Waals surface area contributed by atoms with E-state index in [9.17, 15) is 9.59 Å². The number of hydrogen-bond donors (Lipinski definition) is 2. The molecule has 146 valence electrons. The molecule has 1 heterocycles. The van der Waals surface area contributed by atoms with Gasteiger partial charge in [0.2, 0.25) is 5.91 Å². The number of amides is 2. The molecule has 0 aliphatic heterocycles. The van der Waals surface area contributed by atoms with Crippen molar-refractivity contribution in [1.82, 2.24) is 10.6 Å². The molecule has 0 aliphatic rings. The lowest BCUT2D eigenvalue weighted by atomic mass is 10.2. The van der Waals surface area contributed by atoms with Crippen molar-refractivity contribution in [1.29, 1.82) is 5.26 Å². The first-order valence-electron chi connectivity index (χ1n) is 8.94. The molecule has 0 saturated heterocycles. The van der Waals surface area contributed by atoms with E-state index in [-0.39, 0.29) is 12.5 Å². The lowest BCUT2D eigenvalue weighted by Crippen LogP contribution is -2.44. The fourth-order valence-electron chi connectivity index (χ4n) is 2.52. The monoisotopic (exact) mass is 389 g/mol. The standard InChI is InChI=1S/C22H19N3O4/c1-15(21(26)24-14-20-6-3-11-28-20)25-22(27)17-4-2-5-19(12-17)29-18-9-7-16(13-23)8-10-18/h2-12,15H,14H2,1H3,(H,24,26)(H,25,27). The number of nitrogens with one attached hydrogen (secondary N) is 2. The molecule has 0 bridgehead atoms. The lowest BCUT2D eigenvalue weighted by molar-refractivity contribution is -0.122. The first-order valence-corrected chi connectivity index (χ1v) is 8.94. The van der Waals surface area contributed by atoms with E-state index in [4.69, 9.17) is 14.4 Å². The highest BCUT2D eigenvalue weighted by atomic mass is 16.5. The molecule has 3 rings (SSSR count). The number of carbonyl (C=O) groups is 2. The zero-order valence-electron chi connectivity index (χ0n) is 15.7. The Bertz CT molecular complexity index is 1020. The summed E-state index contributed by atoms with van der Waals surface area (Å²) in [5.74, 6) is 0.935. The summed E-state index contributed by atoms with van der Waals surface area (Å²) in [5, 5.41) is 14.2. The van der Waals surface area contributed by atoms with E-state index in [2.05, 4.69) is 10.6 Å². The van der Waals surface area contributed by atoms with E-state index in [1.807, 2.05) is 6.07 Å². The minimum absolute atomic E-state index is 0.250. The molecule has 0 radical (unpaired) electrons. The van der Waals surface area contributed by atoms with Crippen molar-refractivity contribution in [2.45, 2.75) is 19.5 Å². The Morgan fingerprint density at radius 2 is 1.90 bits per heavy atom. The van der Waals surface area contributed by atoms with Crippen LogP contribution >= 0.6 is 0 Å². The van der Waals surface area contributed by atoms with Gasteiger partial charge in [0.05, 0.1) is 24.4 Å². The lowest BCUT2D eigenvalue weighted by Gasteiger charge is -2.14. The number of rotatable bonds is 7.